The molecule has 1 saturated carbocycles. The predicted octanol–water partition coefficient (Wildman–Crippen LogP) is 4.40. The van der Waals surface area contributed by atoms with Crippen LogP contribution in [0.25, 0.3) is 5.65 Å². The van der Waals surface area contributed by atoms with Gasteiger partial charge in [-0.2, -0.15) is 5.10 Å². The molecule has 0 saturated heterocycles. The summed E-state index contributed by atoms with van der Waals surface area (Å²) in [5, 5.41) is 15.4. The number of fused-ring (bicyclic) bond motifs is 1. The van der Waals surface area contributed by atoms with E-state index in [4.69, 9.17) is 33.0 Å². The molecule has 1 amide bonds. The molecule has 170 valence electrons. The molecule has 2 N–H and O–H groups in total. The van der Waals surface area contributed by atoms with Crippen LogP contribution in [0.15, 0.2) is 24.5 Å². The fourth-order valence-corrected chi connectivity index (χ4v) is 3.44. The molecule has 1 aliphatic carbocycles. The van der Waals surface area contributed by atoms with Crippen molar-refractivity contribution in [2.24, 2.45) is 0 Å². The van der Waals surface area contributed by atoms with Gasteiger partial charge in [-0.1, -0.05) is 23.2 Å². The number of hydrogen-bond acceptors (Lipinski definition) is 6. The molecule has 3 heterocycles. The van der Waals surface area contributed by atoms with Crippen molar-refractivity contribution in [3.8, 4) is 5.75 Å². The van der Waals surface area contributed by atoms with Crippen molar-refractivity contribution >= 4 is 40.7 Å². The maximum Gasteiger partial charge on any atom is 0.404 e. The van der Waals surface area contributed by atoms with E-state index in [2.05, 4.69) is 20.4 Å². The summed E-state index contributed by atoms with van der Waals surface area (Å²) in [5.74, 6) is 1.54. The zero-order valence-electron chi connectivity index (χ0n) is 17.8. The van der Waals surface area contributed by atoms with Crippen LogP contribution in [-0.2, 0) is 6.42 Å². The highest BCUT2D eigenvalue weighted by Gasteiger charge is 2.29. The Balaban J connectivity index is 0.000000360. The standard InChI is InChI=1S/C17H14Cl2N4O2.C4H9NO2/c1-25-15-5-4-13(23-17(15)21-16(22-23)9-2-3-9)14(24)6-10-11(18)7-20-8-12(10)19;1-3(2)5-4(6)7/h4-5,7-9H,2-3,6H2,1H3;3,5H,1-2H3,(H,6,7). The number of Topliss-reactive ketones (excluding diaryl/α,β-unsaturated/α-hetero) is 1. The fraction of sp³-hybridized carbons (Fsp3) is 0.381. The molecular weight excluding hydrogens is 457 g/mol. The van der Waals surface area contributed by atoms with Crippen LogP contribution in [0.4, 0.5) is 4.79 Å². The van der Waals surface area contributed by atoms with Crippen molar-refractivity contribution in [2.75, 3.05) is 7.11 Å². The molecular formula is C21H23Cl2N5O4. The normalized spacial score (nSPS) is 12.9. The molecule has 3 aromatic rings. The molecule has 11 heteroatoms. The van der Waals surface area contributed by atoms with Gasteiger partial charge < -0.3 is 15.2 Å². The third-order valence-corrected chi connectivity index (χ3v) is 5.27. The van der Waals surface area contributed by atoms with Gasteiger partial charge in [0.1, 0.15) is 5.69 Å². The van der Waals surface area contributed by atoms with Crippen molar-refractivity contribution in [3.63, 3.8) is 0 Å². The number of ether oxygens (including phenoxy) is 1. The lowest BCUT2D eigenvalue weighted by Crippen LogP contribution is -2.27. The van der Waals surface area contributed by atoms with Crippen LogP contribution >= 0.6 is 23.2 Å². The van der Waals surface area contributed by atoms with E-state index in [0.29, 0.717) is 38.6 Å². The summed E-state index contributed by atoms with van der Waals surface area (Å²) in [4.78, 5) is 31.0. The largest absolute Gasteiger partial charge is 0.493 e. The maximum atomic E-state index is 12.9. The van der Waals surface area contributed by atoms with Gasteiger partial charge in [0.25, 0.3) is 0 Å². The van der Waals surface area contributed by atoms with Gasteiger partial charge in [0, 0.05) is 36.3 Å². The number of hydrogen-bond donors (Lipinski definition) is 2. The van der Waals surface area contributed by atoms with E-state index in [0.717, 1.165) is 18.7 Å². The highest BCUT2D eigenvalue weighted by molar-refractivity contribution is 6.36. The Labute approximate surface area is 194 Å². The summed E-state index contributed by atoms with van der Waals surface area (Å²) in [5.41, 5.74) is 1.51. The molecule has 9 nitrogen and oxygen atoms in total. The van der Waals surface area contributed by atoms with Crippen molar-refractivity contribution < 1.29 is 19.4 Å². The molecule has 0 spiro atoms. The number of methoxy groups -OCH3 is 1. The van der Waals surface area contributed by atoms with E-state index in [-0.39, 0.29) is 18.2 Å². The van der Waals surface area contributed by atoms with Crippen LogP contribution in [0.1, 0.15) is 54.5 Å². The number of carbonyl (C=O) groups is 2. The fourth-order valence-electron chi connectivity index (χ4n) is 2.95. The Kier molecular flexibility index (Phi) is 7.52. The molecule has 0 aliphatic heterocycles. The van der Waals surface area contributed by atoms with Crippen LogP contribution in [0.3, 0.4) is 0 Å². The number of nitrogens with one attached hydrogen (secondary N) is 1. The van der Waals surface area contributed by atoms with E-state index in [1.54, 1.807) is 37.6 Å². The molecule has 0 atom stereocenters. The number of ketones is 1. The smallest absolute Gasteiger partial charge is 0.404 e. The van der Waals surface area contributed by atoms with E-state index in [1.165, 1.54) is 12.4 Å². The average molecular weight is 480 g/mol. The average Bonchev–Trinajstić information content (AvgIpc) is 3.47. The third kappa shape index (κ3) is 5.66. The number of halogens is 2. The zero-order chi connectivity index (χ0) is 23.4. The van der Waals surface area contributed by atoms with Crippen molar-refractivity contribution in [1.82, 2.24) is 24.9 Å². The number of nitrogens with zero attached hydrogens (tertiary/aromatic N) is 4. The second kappa shape index (κ2) is 10.1. The first-order chi connectivity index (χ1) is 15.2. The first-order valence-electron chi connectivity index (χ1n) is 9.95. The Bertz CT molecular complexity index is 1120. The van der Waals surface area contributed by atoms with Crippen LogP contribution in [0, 0.1) is 0 Å². The minimum atomic E-state index is -0.963. The first-order valence-corrected chi connectivity index (χ1v) is 10.7. The number of pyridine rings is 2. The van der Waals surface area contributed by atoms with Gasteiger partial charge in [-0.3, -0.25) is 9.78 Å². The Hall–Kier alpha value is -2.91. The monoisotopic (exact) mass is 479 g/mol. The van der Waals surface area contributed by atoms with Crippen LogP contribution in [0.5, 0.6) is 5.75 Å². The molecule has 0 aromatic carbocycles. The van der Waals surface area contributed by atoms with Crippen LogP contribution in [0.2, 0.25) is 10.0 Å². The lowest BCUT2D eigenvalue weighted by molar-refractivity contribution is 0.0985. The van der Waals surface area contributed by atoms with E-state index < -0.39 is 6.09 Å². The second-order valence-electron chi connectivity index (χ2n) is 7.55. The lowest BCUT2D eigenvalue weighted by atomic mass is 10.1. The topological polar surface area (TPSA) is 119 Å². The predicted molar refractivity (Wildman–Crippen MR) is 120 cm³/mol. The summed E-state index contributed by atoms with van der Waals surface area (Å²) >= 11 is 12.3. The van der Waals surface area contributed by atoms with Crippen molar-refractivity contribution in [1.29, 1.82) is 0 Å². The van der Waals surface area contributed by atoms with Gasteiger partial charge in [-0.25, -0.2) is 14.3 Å². The van der Waals surface area contributed by atoms with E-state index in [9.17, 15) is 9.59 Å². The first kappa shape index (κ1) is 23.7. The van der Waals surface area contributed by atoms with E-state index >= 15 is 0 Å². The molecule has 1 aliphatic rings. The number of carbonyl (C=O) groups excluding carboxylic acids is 1. The Morgan fingerprint density at radius 3 is 2.41 bits per heavy atom. The highest BCUT2D eigenvalue weighted by Crippen LogP contribution is 2.39. The summed E-state index contributed by atoms with van der Waals surface area (Å²) in [6.45, 7) is 3.54. The van der Waals surface area contributed by atoms with Crippen LogP contribution < -0.4 is 10.1 Å². The minimum absolute atomic E-state index is 0.0255. The number of aromatic nitrogens is 4. The Morgan fingerprint density at radius 1 is 1.25 bits per heavy atom. The molecule has 1 fully saturated rings. The molecule has 4 rings (SSSR count). The maximum absolute atomic E-state index is 12.9. The van der Waals surface area contributed by atoms with Gasteiger partial charge >= 0.3 is 6.09 Å². The zero-order valence-corrected chi connectivity index (χ0v) is 19.3. The molecule has 0 radical (unpaired) electrons. The third-order valence-electron chi connectivity index (χ3n) is 4.61. The van der Waals surface area contributed by atoms with E-state index in [1.807, 2.05) is 0 Å². The van der Waals surface area contributed by atoms with Gasteiger partial charge in [0.05, 0.1) is 17.2 Å². The molecule has 32 heavy (non-hydrogen) atoms. The number of rotatable bonds is 6. The number of amides is 1. The quantitative estimate of drug-likeness (QED) is 0.502. The summed E-state index contributed by atoms with van der Waals surface area (Å²) in [7, 11) is 1.57. The van der Waals surface area contributed by atoms with Gasteiger partial charge in [-0.05, 0) is 38.8 Å². The summed E-state index contributed by atoms with van der Waals surface area (Å²) in [6, 6.07) is 3.43. The van der Waals surface area contributed by atoms with Gasteiger partial charge in [-0.15, -0.1) is 0 Å². The molecule has 3 aromatic heterocycles. The number of carboxylic acid groups (broad SMARTS) is 1. The Morgan fingerprint density at radius 2 is 1.91 bits per heavy atom. The minimum Gasteiger partial charge on any atom is -0.493 e. The van der Waals surface area contributed by atoms with Gasteiger partial charge in [0.15, 0.2) is 23.0 Å². The van der Waals surface area contributed by atoms with Crippen molar-refractivity contribution in [3.05, 3.63) is 51.7 Å². The summed E-state index contributed by atoms with van der Waals surface area (Å²) < 4.78 is 6.90. The SMILES string of the molecule is CC(C)NC(=O)O.COc1ccc(C(=O)Cc2c(Cl)cncc2Cl)n2nc(C3CC3)nc12. The second-order valence-corrected chi connectivity index (χ2v) is 8.37. The molecule has 0 unspecified atom stereocenters. The van der Waals surface area contributed by atoms with Crippen molar-refractivity contribution in [2.45, 2.75) is 45.1 Å². The summed E-state index contributed by atoms with van der Waals surface area (Å²) in [6.07, 6.45) is 4.19. The molecule has 0 bridgehead atoms. The highest BCUT2D eigenvalue weighted by atomic mass is 35.5. The van der Waals surface area contributed by atoms with Crippen LogP contribution in [-0.4, -0.2) is 49.7 Å². The van der Waals surface area contributed by atoms with Gasteiger partial charge in [0.2, 0.25) is 0 Å². The lowest BCUT2D eigenvalue weighted by Gasteiger charge is -2.08.